The highest BCUT2D eigenvalue weighted by Gasteiger charge is 2.25. The molecule has 1 heterocycles. The van der Waals surface area contributed by atoms with Crippen LogP contribution in [0.4, 0.5) is 0 Å². The van der Waals surface area contributed by atoms with E-state index in [4.69, 9.17) is 10.5 Å². The third-order valence-corrected chi connectivity index (χ3v) is 2.93. The molecule has 2 rings (SSSR count). The zero-order valence-corrected chi connectivity index (χ0v) is 9.71. The van der Waals surface area contributed by atoms with E-state index in [-0.39, 0.29) is 11.5 Å². The second-order valence-corrected chi connectivity index (χ2v) is 5.22. The molecule has 15 heavy (non-hydrogen) atoms. The lowest BCUT2D eigenvalue weighted by Gasteiger charge is -2.29. The van der Waals surface area contributed by atoms with E-state index in [0.717, 1.165) is 24.3 Å². The SMILES string of the molecule is CC(C)(C)c1cccc2c1OCC[C@H]2N. The Kier molecular flexibility index (Phi) is 2.47. The molecule has 82 valence electrons. The number of hydrogen-bond donors (Lipinski definition) is 1. The van der Waals surface area contributed by atoms with E-state index >= 15 is 0 Å². The molecule has 0 aliphatic carbocycles. The first-order valence-corrected chi connectivity index (χ1v) is 5.52. The molecule has 1 aliphatic heterocycles. The molecule has 2 nitrogen and oxygen atoms in total. The van der Waals surface area contributed by atoms with Crippen LogP contribution in [0.3, 0.4) is 0 Å². The predicted molar refractivity (Wildman–Crippen MR) is 62.2 cm³/mol. The Labute approximate surface area is 91.4 Å². The quantitative estimate of drug-likeness (QED) is 0.707. The molecule has 0 saturated heterocycles. The predicted octanol–water partition coefficient (Wildman–Crippen LogP) is 2.77. The molecule has 2 heteroatoms. The fourth-order valence-corrected chi connectivity index (χ4v) is 2.04. The first kappa shape index (κ1) is 10.5. The largest absolute Gasteiger partial charge is 0.493 e. The first-order chi connectivity index (χ1) is 7.00. The van der Waals surface area contributed by atoms with Crippen molar-refractivity contribution < 1.29 is 4.74 Å². The van der Waals surface area contributed by atoms with Gasteiger partial charge in [0.25, 0.3) is 0 Å². The molecule has 0 saturated carbocycles. The molecule has 2 N–H and O–H groups in total. The number of ether oxygens (including phenoxy) is 1. The van der Waals surface area contributed by atoms with Crippen LogP contribution in [-0.4, -0.2) is 6.61 Å². The van der Waals surface area contributed by atoms with Crippen molar-refractivity contribution in [1.82, 2.24) is 0 Å². The van der Waals surface area contributed by atoms with Crippen LogP contribution in [0.25, 0.3) is 0 Å². The Hall–Kier alpha value is -1.02. The Morgan fingerprint density at radius 1 is 1.33 bits per heavy atom. The second kappa shape index (κ2) is 3.53. The van der Waals surface area contributed by atoms with Crippen LogP contribution < -0.4 is 10.5 Å². The third-order valence-electron chi connectivity index (χ3n) is 2.93. The normalized spacial score (nSPS) is 20.7. The molecule has 0 aromatic heterocycles. The van der Waals surface area contributed by atoms with Crippen molar-refractivity contribution in [3.63, 3.8) is 0 Å². The summed E-state index contributed by atoms with van der Waals surface area (Å²) in [7, 11) is 0. The van der Waals surface area contributed by atoms with Crippen molar-refractivity contribution >= 4 is 0 Å². The average molecular weight is 205 g/mol. The summed E-state index contributed by atoms with van der Waals surface area (Å²) in [4.78, 5) is 0. The van der Waals surface area contributed by atoms with Crippen molar-refractivity contribution in [2.45, 2.75) is 38.6 Å². The van der Waals surface area contributed by atoms with E-state index in [2.05, 4.69) is 39.0 Å². The zero-order valence-electron chi connectivity index (χ0n) is 9.71. The van der Waals surface area contributed by atoms with Gasteiger partial charge in [-0.25, -0.2) is 0 Å². The van der Waals surface area contributed by atoms with Crippen molar-refractivity contribution in [3.05, 3.63) is 29.3 Å². The van der Waals surface area contributed by atoms with Gasteiger partial charge < -0.3 is 10.5 Å². The van der Waals surface area contributed by atoms with Crippen LogP contribution >= 0.6 is 0 Å². The third kappa shape index (κ3) is 1.86. The van der Waals surface area contributed by atoms with Crippen LogP contribution in [0.2, 0.25) is 0 Å². The average Bonchev–Trinajstić information content (AvgIpc) is 2.16. The number of nitrogens with two attached hydrogens (primary N) is 1. The molecule has 1 aliphatic rings. The summed E-state index contributed by atoms with van der Waals surface area (Å²) in [5.41, 5.74) is 8.61. The minimum Gasteiger partial charge on any atom is -0.493 e. The number of fused-ring (bicyclic) bond motifs is 1. The van der Waals surface area contributed by atoms with E-state index in [1.165, 1.54) is 5.56 Å². The van der Waals surface area contributed by atoms with Crippen LogP contribution in [0, 0.1) is 0 Å². The first-order valence-electron chi connectivity index (χ1n) is 5.52. The maximum Gasteiger partial charge on any atom is 0.127 e. The van der Waals surface area contributed by atoms with E-state index < -0.39 is 0 Å². The second-order valence-electron chi connectivity index (χ2n) is 5.22. The fourth-order valence-electron chi connectivity index (χ4n) is 2.04. The highest BCUT2D eigenvalue weighted by atomic mass is 16.5. The molecular formula is C13H19NO. The minimum atomic E-state index is 0.113. The fraction of sp³-hybridized carbons (Fsp3) is 0.538. The van der Waals surface area contributed by atoms with Crippen molar-refractivity contribution in [1.29, 1.82) is 0 Å². The topological polar surface area (TPSA) is 35.2 Å². The van der Waals surface area contributed by atoms with Crippen molar-refractivity contribution in [3.8, 4) is 5.75 Å². The van der Waals surface area contributed by atoms with Gasteiger partial charge in [-0.05, 0) is 11.0 Å². The highest BCUT2D eigenvalue weighted by molar-refractivity contribution is 5.47. The number of hydrogen-bond acceptors (Lipinski definition) is 2. The lowest BCUT2D eigenvalue weighted by atomic mass is 9.83. The summed E-state index contributed by atoms with van der Waals surface area (Å²) in [5.74, 6) is 1.02. The number of benzene rings is 1. The summed E-state index contributed by atoms with van der Waals surface area (Å²) < 4.78 is 5.77. The van der Waals surface area contributed by atoms with Crippen LogP contribution in [-0.2, 0) is 5.41 Å². The van der Waals surface area contributed by atoms with Gasteiger partial charge in [0.15, 0.2) is 0 Å². The highest BCUT2D eigenvalue weighted by Crippen LogP contribution is 2.39. The molecule has 0 fully saturated rings. The Morgan fingerprint density at radius 3 is 2.73 bits per heavy atom. The van der Waals surface area contributed by atoms with Gasteiger partial charge in [-0.2, -0.15) is 0 Å². The Bertz CT molecular complexity index is 365. The molecule has 1 atom stereocenters. The summed E-state index contributed by atoms with van der Waals surface area (Å²) in [5, 5.41) is 0. The lowest BCUT2D eigenvalue weighted by molar-refractivity contribution is 0.262. The molecular weight excluding hydrogens is 186 g/mol. The summed E-state index contributed by atoms with van der Waals surface area (Å²) in [6.07, 6.45) is 0.917. The van der Waals surface area contributed by atoms with E-state index in [1.807, 2.05) is 0 Å². The molecule has 0 radical (unpaired) electrons. The van der Waals surface area contributed by atoms with E-state index in [1.54, 1.807) is 0 Å². The number of para-hydroxylation sites is 1. The molecule has 0 unspecified atom stereocenters. The van der Waals surface area contributed by atoms with E-state index in [0.29, 0.717) is 0 Å². The van der Waals surface area contributed by atoms with Gasteiger partial charge in [-0.3, -0.25) is 0 Å². The standard InChI is InChI=1S/C13H19NO/c1-13(2,3)10-6-4-5-9-11(14)7-8-15-12(9)10/h4-6,11H,7-8,14H2,1-3H3/t11-/m1/s1. The van der Waals surface area contributed by atoms with Gasteiger partial charge in [0.05, 0.1) is 6.61 Å². The van der Waals surface area contributed by atoms with Crippen LogP contribution in [0.1, 0.15) is 44.4 Å². The van der Waals surface area contributed by atoms with Crippen molar-refractivity contribution in [2.75, 3.05) is 6.61 Å². The van der Waals surface area contributed by atoms with Crippen molar-refractivity contribution in [2.24, 2.45) is 5.73 Å². The maximum atomic E-state index is 6.08. The van der Waals surface area contributed by atoms with Gasteiger partial charge in [0, 0.05) is 18.0 Å². The molecule has 0 bridgehead atoms. The van der Waals surface area contributed by atoms with Gasteiger partial charge in [0.1, 0.15) is 5.75 Å². The monoisotopic (exact) mass is 205 g/mol. The van der Waals surface area contributed by atoms with Gasteiger partial charge in [0.2, 0.25) is 0 Å². The minimum absolute atomic E-state index is 0.113. The summed E-state index contributed by atoms with van der Waals surface area (Å²) >= 11 is 0. The Morgan fingerprint density at radius 2 is 2.07 bits per heavy atom. The van der Waals surface area contributed by atoms with Gasteiger partial charge in [-0.1, -0.05) is 39.0 Å². The number of rotatable bonds is 0. The zero-order chi connectivity index (χ0) is 11.1. The smallest absolute Gasteiger partial charge is 0.127 e. The molecule has 1 aromatic rings. The van der Waals surface area contributed by atoms with Gasteiger partial charge >= 0.3 is 0 Å². The van der Waals surface area contributed by atoms with Gasteiger partial charge in [-0.15, -0.1) is 0 Å². The summed E-state index contributed by atoms with van der Waals surface area (Å²) in [6, 6.07) is 6.43. The molecule has 0 spiro atoms. The Balaban J connectivity index is 2.54. The maximum absolute atomic E-state index is 6.08. The summed E-state index contributed by atoms with van der Waals surface area (Å²) in [6.45, 7) is 7.34. The molecule has 1 aromatic carbocycles. The molecule has 0 amide bonds. The van der Waals surface area contributed by atoms with Crippen LogP contribution in [0.15, 0.2) is 18.2 Å². The van der Waals surface area contributed by atoms with E-state index in [9.17, 15) is 0 Å². The lowest BCUT2D eigenvalue weighted by Crippen LogP contribution is -2.24. The van der Waals surface area contributed by atoms with Crippen LogP contribution in [0.5, 0.6) is 5.75 Å².